The molecule has 0 spiro atoms. The zero-order valence-corrected chi connectivity index (χ0v) is 18.1. The quantitative estimate of drug-likeness (QED) is 0.588. The topological polar surface area (TPSA) is 102 Å². The highest BCUT2D eigenvalue weighted by atomic mass is 35.5. The summed E-state index contributed by atoms with van der Waals surface area (Å²) in [6.07, 6.45) is -1.31. The summed E-state index contributed by atoms with van der Waals surface area (Å²) < 4.78 is 31.7. The van der Waals surface area contributed by atoms with Crippen LogP contribution < -0.4 is 10.0 Å². The first kappa shape index (κ1) is 23.2. The molecule has 0 aliphatic heterocycles. The van der Waals surface area contributed by atoms with Gasteiger partial charge in [0.1, 0.15) is 0 Å². The van der Waals surface area contributed by atoms with Crippen molar-refractivity contribution in [2.24, 2.45) is 0 Å². The molecule has 1 unspecified atom stereocenters. The highest BCUT2D eigenvalue weighted by Gasteiger charge is 2.20. The number of carbonyl (C=O) groups excluding carboxylic acids is 2. The number of hydrogen-bond donors (Lipinski definition) is 2. The summed E-state index contributed by atoms with van der Waals surface area (Å²) in [5, 5.41) is 3.38. The number of aryl methyl sites for hydroxylation is 1. The summed E-state index contributed by atoms with van der Waals surface area (Å²) in [7, 11) is -3.81. The van der Waals surface area contributed by atoms with Gasteiger partial charge in [-0.2, -0.15) is 0 Å². The van der Waals surface area contributed by atoms with E-state index in [1.165, 1.54) is 25.1 Å². The van der Waals surface area contributed by atoms with Crippen LogP contribution in [0.3, 0.4) is 0 Å². The number of benzene rings is 2. The van der Waals surface area contributed by atoms with Crippen molar-refractivity contribution in [2.75, 3.05) is 11.9 Å². The maximum atomic E-state index is 12.2. The monoisotopic (exact) mass is 458 g/mol. The Hall–Kier alpha value is -2.13. The molecule has 10 heteroatoms. The minimum Gasteiger partial charge on any atom is -0.452 e. The van der Waals surface area contributed by atoms with E-state index in [0.717, 1.165) is 5.56 Å². The second kappa shape index (κ2) is 10.1. The smallest absolute Gasteiger partial charge is 0.307 e. The minimum absolute atomic E-state index is 0.0111. The van der Waals surface area contributed by atoms with Crippen LogP contribution in [0.1, 0.15) is 18.9 Å². The summed E-state index contributed by atoms with van der Waals surface area (Å²) in [6, 6.07) is 10.8. The van der Waals surface area contributed by atoms with E-state index in [4.69, 9.17) is 27.9 Å². The molecule has 29 heavy (non-hydrogen) atoms. The normalized spacial score (nSPS) is 12.3. The second-order valence-corrected chi connectivity index (χ2v) is 8.83. The van der Waals surface area contributed by atoms with E-state index in [-0.39, 0.29) is 22.9 Å². The van der Waals surface area contributed by atoms with Crippen LogP contribution in [0.5, 0.6) is 0 Å². The SMILES string of the molecule is Cc1ccc(Cl)cc1NC(=O)C(C)OC(=O)CCNS(=O)(=O)c1cccc(Cl)c1. The summed E-state index contributed by atoms with van der Waals surface area (Å²) in [5.74, 6) is -1.24. The van der Waals surface area contributed by atoms with Gasteiger partial charge in [-0.05, 0) is 49.7 Å². The number of ether oxygens (including phenoxy) is 1. The molecule has 2 N–H and O–H groups in total. The van der Waals surface area contributed by atoms with Gasteiger partial charge in [-0.3, -0.25) is 9.59 Å². The number of hydrogen-bond acceptors (Lipinski definition) is 5. The van der Waals surface area contributed by atoms with Gasteiger partial charge in [0.05, 0.1) is 11.3 Å². The van der Waals surface area contributed by atoms with E-state index in [9.17, 15) is 18.0 Å². The van der Waals surface area contributed by atoms with Gasteiger partial charge in [0.15, 0.2) is 6.10 Å². The zero-order valence-electron chi connectivity index (χ0n) is 15.7. The fraction of sp³-hybridized carbons (Fsp3) is 0.263. The van der Waals surface area contributed by atoms with Crippen molar-refractivity contribution < 1.29 is 22.7 Å². The molecule has 0 radical (unpaired) electrons. The third kappa shape index (κ3) is 7.01. The molecule has 7 nitrogen and oxygen atoms in total. The fourth-order valence-corrected chi connectivity index (χ4v) is 3.78. The highest BCUT2D eigenvalue weighted by molar-refractivity contribution is 7.89. The molecule has 2 aromatic carbocycles. The van der Waals surface area contributed by atoms with Crippen molar-refractivity contribution in [3.63, 3.8) is 0 Å². The Morgan fingerprint density at radius 3 is 2.48 bits per heavy atom. The van der Waals surface area contributed by atoms with Crippen LogP contribution in [0.2, 0.25) is 10.0 Å². The lowest BCUT2D eigenvalue weighted by atomic mass is 10.2. The number of sulfonamides is 1. The van der Waals surface area contributed by atoms with E-state index in [0.29, 0.717) is 10.7 Å². The summed E-state index contributed by atoms with van der Waals surface area (Å²) in [5.41, 5.74) is 1.32. The zero-order chi connectivity index (χ0) is 21.6. The molecule has 0 saturated carbocycles. The average molecular weight is 459 g/mol. The first-order chi connectivity index (χ1) is 13.6. The Kier molecular flexibility index (Phi) is 8.04. The molecule has 0 saturated heterocycles. The average Bonchev–Trinajstić information content (AvgIpc) is 2.64. The Morgan fingerprint density at radius 1 is 1.10 bits per heavy atom. The van der Waals surface area contributed by atoms with E-state index in [1.54, 1.807) is 31.2 Å². The molecule has 1 amide bonds. The van der Waals surface area contributed by atoms with Crippen LogP contribution in [-0.2, 0) is 24.3 Å². The minimum atomic E-state index is -3.81. The number of amides is 1. The van der Waals surface area contributed by atoms with E-state index >= 15 is 0 Å². The van der Waals surface area contributed by atoms with Crippen molar-refractivity contribution in [2.45, 2.75) is 31.3 Å². The molecule has 0 fully saturated rings. The largest absolute Gasteiger partial charge is 0.452 e. The highest BCUT2D eigenvalue weighted by Crippen LogP contribution is 2.20. The molecule has 2 rings (SSSR count). The Bertz CT molecular complexity index is 1010. The number of rotatable bonds is 8. The second-order valence-electron chi connectivity index (χ2n) is 6.19. The number of carbonyl (C=O) groups is 2. The van der Waals surface area contributed by atoms with Gasteiger partial charge >= 0.3 is 5.97 Å². The molecule has 2 aromatic rings. The predicted molar refractivity (Wildman–Crippen MR) is 112 cm³/mol. The molecule has 0 aliphatic rings. The predicted octanol–water partition coefficient (Wildman–Crippen LogP) is 3.54. The first-order valence-corrected chi connectivity index (χ1v) is 10.8. The van der Waals surface area contributed by atoms with Crippen LogP contribution >= 0.6 is 23.2 Å². The number of anilines is 1. The molecule has 0 aromatic heterocycles. The molecule has 156 valence electrons. The lowest BCUT2D eigenvalue weighted by Gasteiger charge is -2.15. The Morgan fingerprint density at radius 2 is 1.79 bits per heavy atom. The van der Waals surface area contributed by atoms with Crippen LogP contribution in [0.25, 0.3) is 0 Å². The summed E-state index contributed by atoms with van der Waals surface area (Å²) in [6.45, 7) is 3.04. The standard InChI is InChI=1S/C19H20Cl2N2O5S/c1-12-6-7-15(21)11-17(12)23-19(25)13(2)28-18(24)8-9-22-29(26,27)16-5-3-4-14(20)10-16/h3-7,10-11,13,22H,8-9H2,1-2H3,(H,23,25). The maximum absolute atomic E-state index is 12.2. The maximum Gasteiger partial charge on any atom is 0.307 e. The number of halogens is 2. The van der Waals surface area contributed by atoms with E-state index < -0.39 is 28.0 Å². The summed E-state index contributed by atoms with van der Waals surface area (Å²) >= 11 is 11.7. The van der Waals surface area contributed by atoms with Gasteiger partial charge in [0, 0.05) is 22.3 Å². The molecule has 0 aliphatic carbocycles. The van der Waals surface area contributed by atoms with Crippen molar-refractivity contribution in [3.8, 4) is 0 Å². The third-order valence-corrected chi connectivity index (χ3v) is 5.79. The van der Waals surface area contributed by atoms with Gasteiger partial charge in [0.25, 0.3) is 5.91 Å². The van der Waals surface area contributed by atoms with Crippen LogP contribution in [0, 0.1) is 6.92 Å². The Balaban J connectivity index is 1.84. The number of esters is 1. The lowest BCUT2D eigenvalue weighted by molar-refractivity contribution is -0.152. The third-order valence-electron chi connectivity index (χ3n) is 3.86. The van der Waals surface area contributed by atoms with Gasteiger partial charge in [-0.1, -0.05) is 35.3 Å². The molecule has 1 atom stereocenters. The summed E-state index contributed by atoms with van der Waals surface area (Å²) in [4.78, 5) is 24.1. The van der Waals surface area contributed by atoms with Gasteiger partial charge < -0.3 is 10.1 Å². The molecule has 0 heterocycles. The van der Waals surface area contributed by atoms with E-state index in [1.807, 2.05) is 0 Å². The van der Waals surface area contributed by atoms with E-state index in [2.05, 4.69) is 10.0 Å². The van der Waals surface area contributed by atoms with Crippen LogP contribution in [0.4, 0.5) is 5.69 Å². The van der Waals surface area contributed by atoms with Crippen LogP contribution in [-0.4, -0.2) is 32.9 Å². The van der Waals surface area contributed by atoms with Gasteiger partial charge in [-0.15, -0.1) is 0 Å². The van der Waals surface area contributed by atoms with Crippen molar-refractivity contribution in [1.29, 1.82) is 0 Å². The van der Waals surface area contributed by atoms with Crippen LogP contribution in [0.15, 0.2) is 47.4 Å². The lowest BCUT2D eigenvalue weighted by Crippen LogP contribution is -2.32. The first-order valence-electron chi connectivity index (χ1n) is 8.60. The molecular weight excluding hydrogens is 439 g/mol. The van der Waals surface area contributed by atoms with Crippen molar-refractivity contribution in [1.82, 2.24) is 4.72 Å². The molecular formula is C19H20Cl2N2O5S. The fourth-order valence-electron chi connectivity index (χ4n) is 2.28. The number of nitrogens with one attached hydrogen (secondary N) is 2. The Labute approximate surface area is 179 Å². The van der Waals surface area contributed by atoms with Gasteiger partial charge in [-0.25, -0.2) is 13.1 Å². The van der Waals surface area contributed by atoms with Crippen molar-refractivity contribution >= 4 is 50.8 Å². The van der Waals surface area contributed by atoms with Gasteiger partial charge in [0.2, 0.25) is 10.0 Å². The van der Waals surface area contributed by atoms with Crippen molar-refractivity contribution in [3.05, 3.63) is 58.1 Å². The molecule has 0 bridgehead atoms.